The van der Waals surface area contributed by atoms with Gasteiger partial charge in [0.25, 0.3) is 0 Å². The number of aliphatic carboxylic acids is 3. The van der Waals surface area contributed by atoms with Gasteiger partial charge in [-0.15, -0.1) is 0 Å². The Labute approximate surface area is 473 Å². The minimum absolute atomic E-state index is 0.0122. The van der Waals surface area contributed by atoms with Gasteiger partial charge in [0.1, 0.15) is 54.1 Å². The average Bonchev–Trinajstić information content (AvgIpc) is 3.82. The van der Waals surface area contributed by atoms with E-state index in [4.69, 9.17) is 11.5 Å². The Morgan fingerprint density at radius 3 is 1.58 bits per heavy atom. The normalized spacial score (nSPS) is 14.6. The number of aromatic nitrogens is 1. The largest absolute Gasteiger partial charge is 0.508 e. The molecule has 2 aromatic carbocycles. The van der Waals surface area contributed by atoms with Crippen molar-refractivity contribution >= 4 is 88.7 Å². The maximum Gasteiger partial charge on any atom is 0.326 e. The number of carboxylic acid groups (broad SMARTS) is 3. The fraction of sp³-hybridized carbons (Fsp3) is 0.528. The van der Waals surface area contributed by atoms with Crippen LogP contribution in [0.25, 0.3) is 10.9 Å². The van der Waals surface area contributed by atoms with Gasteiger partial charge in [-0.1, -0.05) is 58.0 Å². The number of phenolic OH excluding ortho intramolecular Hbond substituents is 1. The Kier molecular flexibility index (Phi) is 28.1. The fourth-order valence-corrected chi connectivity index (χ4v) is 8.63. The number of carboxylic acids is 3. The van der Waals surface area contributed by atoms with Gasteiger partial charge in [-0.3, -0.25) is 47.9 Å². The van der Waals surface area contributed by atoms with E-state index in [-0.39, 0.29) is 68.4 Å². The van der Waals surface area contributed by atoms with E-state index in [0.29, 0.717) is 28.5 Å². The minimum Gasteiger partial charge on any atom is -0.508 e. The van der Waals surface area contributed by atoms with Crippen molar-refractivity contribution in [3.63, 3.8) is 0 Å². The zero-order chi connectivity index (χ0) is 60.5. The number of aromatic hydroxyl groups is 1. The number of para-hydroxylation sites is 1. The van der Waals surface area contributed by atoms with Crippen molar-refractivity contribution in [1.29, 1.82) is 0 Å². The van der Waals surface area contributed by atoms with Gasteiger partial charge in [0.05, 0.1) is 19.1 Å². The Balaban J connectivity index is 2.04. The van der Waals surface area contributed by atoms with Crippen LogP contribution in [-0.4, -0.2) is 169 Å². The highest BCUT2D eigenvalue weighted by molar-refractivity contribution is 7.80. The lowest BCUT2D eigenvalue weighted by molar-refractivity contribution is -0.143. The van der Waals surface area contributed by atoms with E-state index in [9.17, 15) is 78.3 Å². The summed E-state index contributed by atoms with van der Waals surface area (Å²) in [4.78, 5) is 150. The predicted octanol–water partition coefficient (Wildman–Crippen LogP) is -1.57. The van der Waals surface area contributed by atoms with Gasteiger partial charge in [-0.25, -0.2) is 4.79 Å². The molecule has 9 atom stereocenters. The number of nitrogens with two attached hydrogens (primary N) is 2. The first-order valence-corrected chi connectivity index (χ1v) is 27.0. The summed E-state index contributed by atoms with van der Waals surface area (Å²) in [6.07, 6.45) is -0.672. The van der Waals surface area contributed by atoms with Crippen molar-refractivity contribution < 1.29 is 78.3 Å². The number of carbonyl (C=O) groups excluding carboxylic acids is 8. The lowest BCUT2D eigenvalue weighted by Crippen LogP contribution is -2.61. The van der Waals surface area contributed by atoms with Crippen LogP contribution in [0.3, 0.4) is 0 Å². The number of aromatic amines is 1. The second kappa shape index (κ2) is 33.7. The number of phenols is 1. The summed E-state index contributed by atoms with van der Waals surface area (Å²) in [6.45, 7) is 6.40. The number of carbonyl (C=O) groups is 11. The van der Waals surface area contributed by atoms with Crippen molar-refractivity contribution in [2.24, 2.45) is 23.3 Å². The number of nitrogens with one attached hydrogen (secondary N) is 9. The van der Waals surface area contributed by atoms with E-state index in [1.807, 2.05) is 13.8 Å². The number of rotatable bonds is 36. The summed E-state index contributed by atoms with van der Waals surface area (Å²) < 4.78 is 0. The molecule has 3 rings (SSSR count). The smallest absolute Gasteiger partial charge is 0.326 e. The highest BCUT2D eigenvalue weighted by Gasteiger charge is 2.36. The van der Waals surface area contributed by atoms with Crippen LogP contribution >= 0.6 is 12.6 Å². The van der Waals surface area contributed by atoms with E-state index >= 15 is 0 Å². The standard InChI is InChI=1S/C53H77N11O16S/c1-27(2)19-33(55)45(71)63-41(25-65)51(77)57-35(11-7-8-18-54)46(72)58-36(16-17-43(67)68)47(73)59-37(21-29-12-14-31(66)15-13-29)48(74)60-38(22-30-24-56-34-10-6-5-9-32(30)34)49(75)61-39(23-44(69)70)50(76)64-42(26-81)52(78)62-40(53(79)80)20-28(3)4/h5-6,9-10,12-15,24,27-28,33,35-42,56,65-66,81H,7-8,11,16-23,25-26,54-55H2,1-4H3,(H,57,77)(H,58,72)(H,59,73)(H,60,74)(H,61,75)(H,62,78)(H,63,71)(H,64,76)(H,67,68)(H,69,70)(H,79,80)/t33-,35-,36-,37-,38-,39-,40-,41-,42-/m0/s1. The highest BCUT2D eigenvalue weighted by atomic mass is 32.1. The molecule has 28 heteroatoms. The molecular formula is C53H77N11O16S. The summed E-state index contributed by atoms with van der Waals surface area (Å²) in [5.41, 5.74) is 13.0. The number of aliphatic hydroxyl groups is 1. The molecule has 1 heterocycles. The van der Waals surface area contributed by atoms with E-state index in [0.717, 1.165) is 0 Å². The van der Waals surface area contributed by atoms with Crippen LogP contribution < -0.4 is 54.0 Å². The number of benzene rings is 2. The number of fused-ring (bicyclic) bond motifs is 1. The maximum atomic E-state index is 14.7. The molecule has 1 aromatic heterocycles. The molecule has 0 bridgehead atoms. The number of amides is 8. The molecule has 0 unspecified atom stereocenters. The molecule has 446 valence electrons. The Bertz CT molecular complexity index is 2650. The predicted molar refractivity (Wildman–Crippen MR) is 297 cm³/mol. The number of unbranched alkanes of at least 4 members (excludes halogenated alkanes) is 1. The summed E-state index contributed by atoms with van der Waals surface area (Å²) >= 11 is 4.12. The SMILES string of the molecule is CC(C)C[C@H](NC(=O)[C@H](CS)NC(=O)[C@H](CC(=O)O)NC(=O)[C@H](Cc1c[nH]c2ccccc12)NC(=O)[C@H](Cc1ccc(O)cc1)NC(=O)[C@H](CCC(=O)O)NC(=O)[C@H](CCCCN)NC(=O)[C@H](CO)NC(=O)[C@@H](N)CC(C)C)C(=O)O. The van der Waals surface area contributed by atoms with Gasteiger partial charge < -0.3 is 84.5 Å². The third kappa shape index (κ3) is 23.1. The molecule has 0 saturated carbocycles. The molecule has 27 nitrogen and oxygen atoms in total. The van der Waals surface area contributed by atoms with Crippen molar-refractivity contribution in [3.8, 4) is 5.75 Å². The van der Waals surface area contributed by atoms with Crippen LogP contribution in [-0.2, 0) is 65.6 Å². The van der Waals surface area contributed by atoms with E-state index in [1.54, 1.807) is 44.3 Å². The highest BCUT2D eigenvalue weighted by Crippen LogP contribution is 2.20. The topological polar surface area (TPSA) is 453 Å². The Morgan fingerprint density at radius 1 is 0.556 bits per heavy atom. The van der Waals surface area contributed by atoms with E-state index in [1.165, 1.54) is 24.3 Å². The lowest BCUT2D eigenvalue weighted by Gasteiger charge is -2.28. The summed E-state index contributed by atoms with van der Waals surface area (Å²) in [6, 6.07) is -1.67. The monoisotopic (exact) mass is 1160 g/mol. The summed E-state index contributed by atoms with van der Waals surface area (Å²) in [7, 11) is 0. The third-order valence-electron chi connectivity index (χ3n) is 12.6. The molecule has 0 aliphatic heterocycles. The number of H-pyrrole nitrogens is 1. The number of hydrogen-bond acceptors (Lipinski definition) is 16. The number of thiol groups is 1. The van der Waals surface area contributed by atoms with Gasteiger partial charge in [0.15, 0.2) is 0 Å². The van der Waals surface area contributed by atoms with Gasteiger partial charge in [-0.2, -0.15) is 12.6 Å². The van der Waals surface area contributed by atoms with Crippen molar-refractivity contribution in [2.45, 2.75) is 146 Å². The van der Waals surface area contributed by atoms with Crippen LogP contribution in [0.1, 0.15) is 90.2 Å². The van der Waals surface area contributed by atoms with Crippen molar-refractivity contribution in [3.05, 3.63) is 65.9 Å². The zero-order valence-corrected chi connectivity index (χ0v) is 46.5. The van der Waals surface area contributed by atoms with Crippen molar-refractivity contribution in [1.82, 2.24) is 47.5 Å². The molecular weight excluding hydrogens is 1080 g/mol. The lowest BCUT2D eigenvalue weighted by atomic mass is 10.0. The molecule has 0 spiro atoms. The number of aliphatic hydroxyl groups excluding tert-OH is 1. The Hall–Kier alpha value is -7.82. The first kappa shape index (κ1) is 67.5. The van der Waals surface area contributed by atoms with Crippen LogP contribution in [0, 0.1) is 11.8 Å². The van der Waals surface area contributed by atoms with Gasteiger partial charge in [0, 0.05) is 42.1 Å². The maximum absolute atomic E-state index is 14.7. The first-order valence-electron chi connectivity index (χ1n) is 26.4. The van der Waals surface area contributed by atoms with Gasteiger partial charge >= 0.3 is 17.9 Å². The molecule has 0 radical (unpaired) electrons. The summed E-state index contributed by atoms with van der Waals surface area (Å²) in [5, 5.41) is 69.4. The molecule has 81 heavy (non-hydrogen) atoms. The molecule has 0 saturated heterocycles. The van der Waals surface area contributed by atoms with Crippen LogP contribution in [0.2, 0.25) is 0 Å². The first-order chi connectivity index (χ1) is 38.3. The van der Waals surface area contributed by atoms with Gasteiger partial charge in [0.2, 0.25) is 47.3 Å². The average molecular weight is 1160 g/mol. The van der Waals surface area contributed by atoms with Crippen molar-refractivity contribution in [2.75, 3.05) is 18.9 Å². The molecule has 0 aliphatic carbocycles. The second-order valence-corrected chi connectivity index (χ2v) is 20.7. The molecule has 0 aliphatic rings. The summed E-state index contributed by atoms with van der Waals surface area (Å²) in [5.74, 6) is -13.2. The fourth-order valence-electron chi connectivity index (χ4n) is 8.37. The van der Waals surface area contributed by atoms with E-state index < -0.39 is 145 Å². The van der Waals surface area contributed by atoms with Crippen LogP contribution in [0.15, 0.2) is 54.7 Å². The quantitative estimate of drug-likeness (QED) is 0.0231. The molecule has 8 amide bonds. The minimum atomic E-state index is -1.92. The molecule has 3 aromatic rings. The van der Waals surface area contributed by atoms with Gasteiger partial charge in [-0.05, 0) is 86.2 Å². The zero-order valence-electron chi connectivity index (χ0n) is 45.6. The second-order valence-electron chi connectivity index (χ2n) is 20.3. The van der Waals surface area contributed by atoms with Crippen LogP contribution in [0.4, 0.5) is 0 Å². The number of hydrogen-bond donors (Lipinski definition) is 17. The van der Waals surface area contributed by atoms with Crippen LogP contribution in [0.5, 0.6) is 5.75 Å². The molecule has 0 fully saturated rings. The molecule has 18 N–H and O–H groups in total. The Morgan fingerprint density at radius 2 is 1.04 bits per heavy atom. The third-order valence-corrected chi connectivity index (χ3v) is 13.0. The van der Waals surface area contributed by atoms with E-state index in [2.05, 4.69) is 60.1 Å².